The zero-order valence-electron chi connectivity index (χ0n) is 15.3. The van der Waals surface area contributed by atoms with Gasteiger partial charge in [-0.3, -0.25) is 19.0 Å². The highest BCUT2D eigenvalue weighted by Crippen LogP contribution is 2.13. The molecule has 2 aromatic heterocycles. The number of carbonyl (C=O) groups excluding carboxylic acids is 1. The summed E-state index contributed by atoms with van der Waals surface area (Å²) in [5, 5.41) is 10.8. The quantitative estimate of drug-likeness (QED) is 0.576. The van der Waals surface area contributed by atoms with Crippen LogP contribution in [0.5, 0.6) is 0 Å². The van der Waals surface area contributed by atoms with E-state index in [1.807, 2.05) is 0 Å². The number of hydrogen-bond donors (Lipinski definition) is 1. The van der Waals surface area contributed by atoms with Gasteiger partial charge >= 0.3 is 0 Å². The van der Waals surface area contributed by atoms with Crippen LogP contribution < -0.4 is 10.7 Å². The van der Waals surface area contributed by atoms with Crippen LogP contribution >= 0.6 is 0 Å². The van der Waals surface area contributed by atoms with Crippen LogP contribution in [0, 0.1) is 11.6 Å². The Labute approximate surface area is 163 Å². The molecule has 0 aliphatic heterocycles. The van der Waals surface area contributed by atoms with Gasteiger partial charge in [-0.2, -0.15) is 10.2 Å². The second-order valence-electron chi connectivity index (χ2n) is 6.47. The van der Waals surface area contributed by atoms with Gasteiger partial charge in [0, 0.05) is 13.2 Å². The summed E-state index contributed by atoms with van der Waals surface area (Å²) in [7, 11) is 1.57. The minimum atomic E-state index is -0.724. The van der Waals surface area contributed by atoms with Crippen molar-refractivity contribution < 1.29 is 13.6 Å². The summed E-state index contributed by atoms with van der Waals surface area (Å²) in [5.74, 6) is -1.63. The molecule has 0 spiro atoms. The summed E-state index contributed by atoms with van der Waals surface area (Å²) >= 11 is 0. The van der Waals surface area contributed by atoms with Crippen LogP contribution in [-0.4, -0.2) is 25.5 Å². The Bertz CT molecular complexity index is 1280. The summed E-state index contributed by atoms with van der Waals surface area (Å²) in [4.78, 5) is 25.1. The van der Waals surface area contributed by atoms with Crippen LogP contribution in [-0.2, 0) is 13.6 Å². The highest BCUT2D eigenvalue weighted by atomic mass is 19.1. The van der Waals surface area contributed by atoms with Crippen molar-refractivity contribution in [3.63, 3.8) is 0 Å². The fraction of sp³-hybridized carbons (Fsp3) is 0.100. The third-order valence-corrected chi connectivity index (χ3v) is 4.38. The lowest BCUT2D eigenvalue weighted by Gasteiger charge is -2.07. The van der Waals surface area contributed by atoms with Gasteiger partial charge in [-0.05, 0) is 35.9 Å². The minimum Gasteiger partial charge on any atom is -0.318 e. The molecule has 1 N–H and O–H groups in total. The lowest BCUT2D eigenvalue weighted by Crippen LogP contribution is -2.26. The van der Waals surface area contributed by atoms with Gasteiger partial charge in [-0.1, -0.05) is 12.1 Å². The number of nitrogens with one attached hydrogen (secondary N) is 1. The molecule has 7 nitrogen and oxygen atoms in total. The minimum absolute atomic E-state index is 0.0691. The molecule has 2 heterocycles. The molecule has 0 aliphatic rings. The van der Waals surface area contributed by atoms with Crippen molar-refractivity contribution in [1.82, 2.24) is 19.6 Å². The van der Waals surface area contributed by atoms with E-state index in [4.69, 9.17) is 0 Å². The number of aromatic nitrogens is 4. The van der Waals surface area contributed by atoms with Crippen molar-refractivity contribution >= 4 is 22.5 Å². The van der Waals surface area contributed by atoms with Crippen molar-refractivity contribution in [3.05, 3.63) is 88.0 Å². The third-order valence-electron chi connectivity index (χ3n) is 4.38. The first-order valence-electron chi connectivity index (χ1n) is 8.65. The number of carbonyl (C=O) groups is 1. The Morgan fingerprint density at radius 1 is 1.10 bits per heavy atom. The molecule has 9 heteroatoms. The van der Waals surface area contributed by atoms with Crippen molar-refractivity contribution in [2.45, 2.75) is 6.54 Å². The first-order valence-corrected chi connectivity index (χ1v) is 8.65. The molecule has 0 unspecified atom stereocenters. The van der Waals surface area contributed by atoms with E-state index in [2.05, 4.69) is 15.5 Å². The van der Waals surface area contributed by atoms with Crippen LogP contribution in [0.25, 0.3) is 10.9 Å². The molecule has 2 aromatic carbocycles. The number of nitrogens with zero attached hydrogens (tertiary/aromatic N) is 4. The summed E-state index contributed by atoms with van der Waals surface area (Å²) in [6.45, 7) is 0.380. The maximum absolute atomic E-state index is 13.5. The lowest BCUT2D eigenvalue weighted by atomic mass is 10.2. The summed E-state index contributed by atoms with van der Waals surface area (Å²) in [6.07, 6.45) is 3.00. The number of halogens is 2. The molecular weight excluding hydrogens is 380 g/mol. The highest BCUT2D eigenvalue weighted by molar-refractivity contribution is 6.04. The monoisotopic (exact) mass is 395 g/mol. The molecule has 4 aromatic rings. The number of hydrogen-bond acceptors (Lipinski definition) is 4. The predicted octanol–water partition coefficient (Wildman–Crippen LogP) is 2.71. The van der Waals surface area contributed by atoms with Crippen molar-refractivity contribution in [2.75, 3.05) is 5.32 Å². The molecule has 0 aliphatic carbocycles. The lowest BCUT2D eigenvalue weighted by molar-refractivity contribution is 0.101. The summed E-state index contributed by atoms with van der Waals surface area (Å²) in [5.41, 5.74) is 0.602. The van der Waals surface area contributed by atoms with Gasteiger partial charge in [0.1, 0.15) is 11.6 Å². The molecule has 0 atom stereocenters. The maximum atomic E-state index is 13.5. The second-order valence-corrected chi connectivity index (χ2v) is 6.47. The van der Waals surface area contributed by atoms with Gasteiger partial charge in [0.25, 0.3) is 5.91 Å². The average Bonchev–Trinajstić information content (AvgIpc) is 3.13. The summed E-state index contributed by atoms with van der Waals surface area (Å²) in [6, 6.07) is 9.71. The zero-order valence-corrected chi connectivity index (χ0v) is 15.3. The number of benzene rings is 2. The van der Waals surface area contributed by atoms with Crippen LogP contribution in [0.3, 0.4) is 0 Å². The first kappa shape index (κ1) is 18.5. The molecule has 0 bridgehead atoms. The van der Waals surface area contributed by atoms with E-state index in [-0.39, 0.29) is 16.9 Å². The second kappa shape index (κ2) is 7.27. The molecule has 0 saturated heterocycles. The largest absolute Gasteiger partial charge is 0.318 e. The number of fused-ring (bicyclic) bond motifs is 1. The number of amides is 1. The first-order chi connectivity index (χ1) is 13.9. The van der Waals surface area contributed by atoms with Crippen LogP contribution in [0.2, 0.25) is 0 Å². The molecule has 1 amide bonds. The Hall–Kier alpha value is -3.88. The van der Waals surface area contributed by atoms with E-state index in [1.165, 1.54) is 35.1 Å². The van der Waals surface area contributed by atoms with E-state index < -0.39 is 17.2 Å². The van der Waals surface area contributed by atoms with Crippen molar-refractivity contribution in [1.29, 1.82) is 0 Å². The highest BCUT2D eigenvalue weighted by Gasteiger charge is 2.18. The van der Waals surface area contributed by atoms with Gasteiger partial charge in [-0.15, -0.1) is 0 Å². The van der Waals surface area contributed by atoms with E-state index in [9.17, 15) is 18.4 Å². The smallest absolute Gasteiger partial charge is 0.280 e. The Kier molecular flexibility index (Phi) is 4.63. The van der Waals surface area contributed by atoms with Gasteiger partial charge in [0.05, 0.1) is 29.3 Å². The van der Waals surface area contributed by atoms with E-state index in [0.29, 0.717) is 17.7 Å². The Balaban J connectivity index is 1.57. The Morgan fingerprint density at radius 3 is 2.59 bits per heavy atom. The molecule has 4 rings (SSSR count). The number of rotatable bonds is 4. The number of aryl methyl sites for hydroxylation is 1. The van der Waals surface area contributed by atoms with Crippen LogP contribution in [0.1, 0.15) is 16.1 Å². The normalized spacial score (nSPS) is 11.0. The Morgan fingerprint density at radius 2 is 1.83 bits per heavy atom. The molecular formula is C20H15F2N5O2. The fourth-order valence-electron chi connectivity index (χ4n) is 2.98. The van der Waals surface area contributed by atoms with Crippen molar-refractivity contribution in [2.24, 2.45) is 7.05 Å². The van der Waals surface area contributed by atoms with Gasteiger partial charge < -0.3 is 5.32 Å². The maximum Gasteiger partial charge on any atom is 0.280 e. The molecule has 0 fully saturated rings. The van der Waals surface area contributed by atoms with Gasteiger partial charge in [0.2, 0.25) is 5.43 Å². The van der Waals surface area contributed by atoms with Crippen LogP contribution in [0.15, 0.2) is 59.7 Å². The van der Waals surface area contributed by atoms with E-state index in [0.717, 1.165) is 11.6 Å². The topological polar surface area (TPSA) is 81.8 Å². The van der Waals surface area contributed by atoms with E-state index >= 15 is 0 Å². The zero-order chi connectivity index (χ0) is 20.5. The van der Waals surface area contributed by atoms with Crippen molar-refractivity contribution in [3.8, 4) is 0 Å². The standard InChI is InChI=1S/C20H15F2N5O2/c1-26-17-7-6-14(22)8-16(17)19(28)18(25-26)20(29)24-15-9-23-27(11-15)10-12-2-4-13(21)5-3-12/h2-9,11H,10H2,1H3,(H,24,29). The van der Waals surface area contributed by atoms with Crippen LogP contribution in [0.4, 0.5) is 14.5 Å². The SMILES string of the molecule is Cn1nc(C(=O)Nc2cnn(Cc3ccc(F)cc3)c2)c(=O)c2cc(F)ccc21. The van der Waals surface area contributed by atoms with Gasteiger partial charge in [-0.25, -0.2) is 8.78 Å². The molecule has 0 radical (unpaired) electrons. The molecule has 146 valence electrons. The predicted molar refractivity (Wildman–Crippen MR) is 103 cm³/mol. The average molecular weight is 395 g/mol. The van der Waals surface area contributed by atoms with Gasteiger partial charge in [0.15, 0.2) is 5.69 Å². The van der Waals surface area contributed by atoms with E-state index in [1.54, 1.807) is 30.1 Å². The third kappa shape index (κ3) is 3.75. The molecule has 29 heavy (non-hydrogen) atoms. The molecule has 0 saturated carbocycles. The number of anilines is 1. The summed E-state index contributed by atoms with van der Waals surface area (Å²) < 4.78 is 29.4. The fourth-order valence-corrected chi connectivity index (χ4v) is 2.98.